The van der Waals surface area contributed by atoms with E-state index in [-0.39, 0.29) is 5.75 Å². The zero-order chi connectivity index (χ0) is 10.8. The molecule has 0 saturated heterocycles. The number of fused-ring (bicyclic) bond motifs is 1. The fourth-order valence-electron chi connectivity index (χ4n) is 1.80. The van der Waals surface area contributed by atoms with Crippen molar-refractivity contribution in [3.63, 3.8) is 0 Å². The second-order valence-corrected chi connectivity index (χ2v) is 3.33. The summed E-state index contributed by atoms with van der Waals surface area (Å²) in [4.78, 5) is 0. The molecular formula is C11H11NO3. The molecule has 0 aliphatic carbocycles. The van der Waals surface area contributed by atoms with Crippen molar-refractivity contribution in [3.8, 4) is 23.3 Å². The molecule has 0 unspecified atom stereocenters. The highest BCUT2D eigenvalue weighted by atomic mass is 16.5. The van der Waals surface area contributed by atoms with Gasteiger partial charge < -0.3 is 14.6 Å². The van der Waals surface area contributed by atoms with Crippen LogP contribution in [0.2, 0.25) is 0 Å². The lowest BCUT2D eigenvalue weighted by atomic mass is 10.0. The number of benzene rings is 1. The summed E-state index contributed by atoms with van der Waals surface area (Å²) in [6, 6.07) is 3.79. The minimum Gasteiger partial charge on any atom is -0.502 e. The van der Waals surface area contributed by atoms with Gasteiger partial charge in [0, 0.05) is 12.0 Å². The molecule has 1 aromatic rings. The number of ether oxygens (including phenoxy) is 2. The Morgan fingerprint density at radius 1 is 1.67 bits per heavy atom. The molecule has 0 saturated carbocycles. The van der Waals surface area contributed by atoms with Crippen LogP contribution < -0.4 is 9.47 Å². The first-order chi connectivity index (χ1) is 7.27. The molecule has 1 aliphatic heterocycles. The van der Waals surface area contributed by atoms with Gasteiger partial charge in [-0.3, -0.25) is 0 Å². The van der Waals surface area contributed by atoms with Crippen LogP contribution in [-0.4, -0.2) is 18.8 Å². The number of phenolic OH excluding ortho intramolecular Hbond substituents is 1. The molecule has 78 valence electrons. The molecule has 1 N–H and O–H groups in total. The number of hydrogen-bond donors (Lipinski definition) is 1. The van der Waals surface area contributed by atoms with E-state index >= 15 is 0 Å². The highest BCUT2D eigenvalue weighted by Gasteiger charge is 2.23. The van der Waals surface area contributed by atoms with Gasteiger partial charge in [0.15, 0.2) is 11.5 Å². The normalized spacial score (nSPS) is 12.8. The van der Waals surface area contributed by atoms with Crippen LogP contribution in [0.25, 0.3) is 0 Å². The van der Waals surface area contributed by atoms with E-state index in [9.17, 15) is 5.11 Å². The predicted molar refractivity (Wildman–Crippen MR) is 53.2 cm³/mol. The van der Waals surface area contributed by atoms with Crippen molar-refractivity contribution in [2.45, 2.75) is 12.8 Å². The summed E-state index contributed by atoms with van der Waals surface area (Å²) in [5.41, 5.74) is 1.80. The van der Waals surface area contributed by atoms with E-state index < -0.39 is 0 Å². The summed E-state index contributed by atoms with van der Waals surface area (Å²) < 4.78 is 10.3. The van der Waals surface area contributed by atoms with Crippen molar-refractivity contribution >= 4 is 0 Å². The number of rotatable bonds is 2. The third kappa shape index (κ3) is 1.46. The first-order valence-electron chi connectivity index (χ1n) is 4.69. The van der Waals surface area contributed by atoms with Crippen LogP contribution in [0.5, 0.6) is 17.2 Å². The molecule has 0 bridgehead atoms. The van der Waals surface area contributed by atoms with Gasteiger partial charge in [-0.2, -0.15) is 5.26 Å². The smallest absolute Gasteiger partial charge is 0.201 e. The predicted octanol–water partition coefficient (Wildman–Crippen LogP) is 1.40. The van der Waals surface area contributed by atoms with Crippen LogP contribution >= 0.6 is 0 Å². The van der Waals surface area contributed by atoms with Crippen LogP contribution in [0.3, 0.4) is 0 Å². The van der Waals surface area contributed by atoms with Gasteiger partial charge in [-0.05, 0) is 11.6 Å². The van der Waals surface area contributed by atoms with E-state index in [1.54, 1.807) is 6.07 Å². The summed E-state index contributed by atoms with van der Waals surface area (Å²) in [6.45, 7) is 0.550. The third-order valence-corrected chi connectivity index (χ3v) is 2.50. The van der Waals surface area contributed by atoms with E-state index in [0.717, 1.165) is 17.5 Å². The SMILES string of the molecule is COc1cc(CC#N)c2c(c1O)OCC2. The van der Waals surface area contributed by atoms with Gasteiger partial charge in [-0.15, -0.1) is 0 Å². The van der Waals surface area contributed by atoms with Crippen LogP contribution in [0, 0.1) is 11.3 Å². The van der Waals surface area contributed by atoms with Crippen molar-refractivity contribution in [2.75, 3.05) is 13.7 Å². The summed E-state index contributed by atoms with van der Waals surface area (Å²) in [6.07, 6.45) is 1.05. The Bertz CT molecular complexity index is 434. The minimum absolute atomic E-state index is 0.0340. The molecule has 15 heavy (non-hydrogen) atoms. The largest absolute Gasteiger partial charge is 0.502 e. The van der Waals surface area contributed by atoms with Gasteiger partial charge >= 0.3 is 0 Å². The van der Waals surface area contributed by atoms with Crippen molar-refractivity contribution in [1.82, 2.24) is 0 Å². The lowest BCUT2D eigenvalue weighted by Gasteiger charge is -2.10. The molecule has 1 aliphatic rings. The maximum atomic E-state index is 9.77. The van der Waals surface area contributed by atoms with Crippen molar-refractivity contribution in [3.05, 3.63) is 17.2 Å². The molecule has 1 aromatic carbocycles. The first-order valence-corrected chi connectivity index (χ1v) is 4.69. The minimum atomic E-state index is 0.0340. The quantitative estimate of drug-likeness (QED) is 0.792. The fraction of sp³-hybridized carbons (Fsp3) is 0.364. The molecule has 0 radical (unpaired) electrons. The first kappa shape index (κ1) is 9.66. The van der Waals surface area contributed by atoms with Gasteiger partial charge in [-0.1, -0.05) is 0 Å². The maximum Gasteiger partial charge on any atom is 0.201 e. The average Bonchev–Trinajstić information content (AvgIpc) is 2.71. The van der Waals surface area contributed by atoms with Gasteiger partial charge in [0.25, 0.3) is 0 Å². The second kappa shape index (κ2) is 3.70. The Hall–Kier alpha value is -1.89. The van der Waals surface area contributed by atoms with Crippen LogP contribution in [0.1, 0.15) is 11.1 Å². The Morgan fingerprint density at radius 3 is 3.13 bits per heavy atom. The molecule has 4 heteroatoms. The van der Waals surface area contributed by atoms with E-state index in [4.69, 9.17) is 14.7 Å². The van der Waals surface area contributed by atoms with E-state index in [1.165, 1.54) is 7.11 Å². The fourth-order valence-corrected chi connectivity index (χ4v) is 1.80. The van der Waals surface area contributed by atoms with E-state index in [1.807, 2.05) is 0 Å². The second-order valence-electron chi connectivity index (χ2n) is 3.33. The number of phenols is 1. The molecule has 0 fully saturated rings. The molecule has 1 heterocycles. The van der Waals surface area contributed by atoms with Gasteiger partial charge in [0.05, 0.1) is 26.2 Å². The Morgan fingerprint density at radius 2 is 2.47 bits per heavy atom. The van der Waals surface area contributed by atoms with E-state index in [2.05, 4.69) is 6.07 Å². The summed E-state index contributed by atoms with van der Waals surface area (Å²) >= 11 is 0. The summed E-state index contributed by atoms with van der Waals surface area (Å²) in [7, 11) is 1.48. The standard InChI is InChI=1S/C11H11NO3/c1-14-9-6-7(2-4-12)8-3-5-15-11(8)10(9)13/h6,13H,2-3,5H2,1H3. The van der Waals surface area contributed by atoms with E-state index in [0.29, 0.717) is 24.5 Å². The average molecular weight is 205 g/mol. The zero-order valence-electron chi connectivity index (χ0n) is 8.41. The van der Waals surface area contributed by atoms with Crippen molar-refractivity contribution < 1.29 is 14.6 Å². The topological polar surface area (TPSA) is 62.5 Å². The number of aromatic hydroxyl groups is 1. The van der Waals surface area contributed by atoms with Crippen LogP contribution in [-0.2, 0) is 12.8 Å². The molecule has 4 nitrogen and oxygen atoms in total. The number of methoxy groups -OCH3 is 1. The Labute approximate surface area is 87.7 Å². The number of nitriles is 1. The lowest BCUT2D eigenvalue weighted by molar-refractivity contribution is 0.319. The Balaban J connectivity index is 2.58. The molecule has 2 rings (SSSR count). The maximum absolute atomic E-state index is 9.77. The molecule has 0 spiro atoms. The third-order valence-electron chi connectivity index (χ3n) is 2.50. The van der Waals surface area contributed by atoms with Crippen molar-refractivity contribution in [1.29, 1.82) is 5.26 Å². The summed E-state index contributed by atoms with van der Waals surface area (Å²) in [5.74, 6) is 0.868. The number of hydrogen-bond acceptors (Lipinski definition) is 4. The Kier molecular flexibility index (Phi) is 2.38. The molecule has 0 amide bonds. The van der Waals surface area contributed by atoms with Crippen LogP contribution in [0.4, 0.5) is 0 Å². The number of nitrogens with zero attached hydrogens (tertiary/aromatic N) is 1. The van der Waals surface area contributed by atoms with Gasteiger partial charge in [-0.25, -0.2) is 0 Å². The highest BCUT2D eigenvalue weighted by Crippen LogP contribution is 2.44. The monoisotopic (exact) mass is 205 g/mol. The zero-order valence-corrected chi connectivity index (χ0v) is 8.41. The van der Waals surface area contributed by atoms with Crippen molar-refractivity contribution in [2.24, 2.45) is 0 Å². The van der Waals surface area contributed by atoms with Gasteiger partial charge in [0.1, 0.15) is 0 Å². The molecule has 0 aromatic heterocycles. The van der Waals surface area contributed by atoms with Gasteiger partial charge in [0.2, 0.25) is 5.75 Å². The van der Waals surface area contributed by atoms with Crippen LogP contribution in [0.15, 0.2) is 6.07 Å². The highest BCUT2D eigenvalue weighted by molar-refractivity contribution is 5.60. The molecular weight excluding hydrogens is 194 g/mol. The molecule has 0 atom stereocenters. The summed E-state index contributed by atoms with van der Waals surface area (Å²) in [5, 5.41) is 18.5. The lowest BCUT2D eigenvalue weighted by Crippen LogP contribution is -1.93.